The van der Waals surface area contributed by atoms with Crippen LogP contribution < -0.4 is 0 Å². The Hall–Kier alpha value is -0.360. The summed E-state index contributed by atoms with van der Waals surface area (Å²) in [4.78, 5) is 0. The van der Waals surface area contributed by atoms with Crippen LogP contribution in [0.2, 0.25) is 0 Å². The van der Waals surface area contributed by atoms with Gasteiger partial charge in [-0.3, -0.25) is 0 Å². The summed E-state index contributed by atoms with van der Waals surface area (Å²) in [7, 11) is 0. The van der Waals surface area contributed by atoms with E-state index in [1.54, 1.807) is 0 Å². The Balaban J connectivity index is 1.37. The molecule has 2 heterocycles. The molecular weight excluding hydrogens is 360 g/mol. The standard InChI is InChI=1S/C18H28O9/c19-6-1-8(21)14-11(3-6)26-17-13(24-14)5-10(23)16-18(17)27-15-9(22)2-7(20)4-12(15)25-16/h6-23H,1-5H2. The maximum Gasteiger partial charge on any atom is 0.115 e. The van der Waals surface area contributed by atoms with Gasteiger partial charge in [0.15, 0.2) is 0 Å². The lowest BCUT2D eigenvalue weighted by Crippen LogP contribution is -2.71. The number of ether oxygens (including phenoxy) is 4. The van der Waals surface area contributed by atoms with E-state index in [9.17, 15) is 25.5 Å². The summed E-state index contributed by atoms with van der Waals surface area (Å²) < 4.78 is 24.5. The molecule has 0 radical (unpaired) electrons. The van der Waals surface area contributed by atoms with Gasteiger partial charge in [-0.25, -0.2) is 0 Å². The summed E-state index contributed by atoms with van der Waals surface area (Å²) >= 11 is 0. The first kappa shape index (κ1) is 18.7. The van der Waals surface area contributed by atoms with E-state index in [2.05, 4.69) is 0 Å². The van der Waals surface area contributed by atoms with E-state index < -0.39 is 79.4 Å². The summed E-state index contributed by atoms with van der Waals surface area (Å²) in [6.45, 7) is 0. The lowest BCUT2D eigenvalue weighted by atomic mass is 9.80. The predicted octanol–water partition coefficient (Wildman–Crippen LogP) is -2.18. The summed E-state index contributed by atoms with van der Waals surface area (Å²) in [5.41, 5.74) is 0. The molecule has 0 aromatic carbocycles. The van der Waals surface area contributed by atoms with E-state index in [-0.39, 0.29) is 19.3 Å². The lowest BCUT2D eigenvalue weighted by molar-refractivity contribution is -0.358. The molecule has 13 unspecified atom stereocenters. The van der Waals surface area contributed by atoms with Crippen molar-refractivity contribution in [2.75, 3.05) is 0 Å². The Labute approximate surface area is 156 Å². The molecule has 0 spiro atoms. The number of aliphatic hydroxyl groups excluding tert-OH is 5. The van der Waals surface area contributed by atoms with Crippen LogP contribution >= 0.6 is 0 Å². The smallest absolute Gasteiger partial charge is 0.115 e. The van der Waals surface area contributed by atoms with Crippen molar-refractivity contribution in [3.8, 4) is 0 Å². The van der Waals surface area contributed by atoms with Crippen LogP contribution in [-0.2, 0) is 18.9 Å². The monoisotopic (exact) mass is 388 g/mol. The first-order valence-corrected chi connectivity index (χ1v) is 9.93. The van der Waals surface area contributed by atoms with E-state index in [1.807, 2.05) is 0 Å². The van der Waals surface area contributed by atoms with Crippen molar-refractivity contribution in [2.45, 2.75) is 111 Å². The number of fused-ring (bicyclic) bond motifs is 5. The van der Waals surface area contributed by atoms with Gasteiger partial charge < -0.3 is 44.5 Å². The second kappa shape index (κ2) is 6.86. The minimum Gasteiger partial charge on any atom is -0.393 e. The zero-order chi connectivity index (χ0) is 18.9. The van der Waals surface area contributed by atoms with E-state index in [0.717, 1.165) is 0 Å². The van der Waals surface area contributed by atoms with Gasteiger partial charge in [-0.15, -0.1) is 0 Å². The molecule has 5 fully saturated rings. The Kier molecular flexibility index (Phi) is 4.74. The normalized spacial score (nSPS) is 60.6. The average molecular weight is 388 g/mol. The van der Waals surface area contributed by atoms with Crippen molar-refractivity contribution in [2.24, 2.45) is 0 Å². The third-order valence-corrected chi connectivity index (χ3v) is 6.70. The largest absolute Gasteiger partial charge is 0.393 e. The van der Waals surface area contributed by atoms with Crippen molar-refractivity contribution in [1.29, 1.82) is 0 Å². The van der Waals surface area contributed by atoms with Crippen molar-refractivity contribution < 1.29 is 44.5 Å². The van der Waals surface area contributed by atoms with Crippen LogP contribution in [0.15, 0.2) is 0 Å². The molecule has 2 aliphatic heterocycles. The SMILES string of the molecule is OC1CC(O)C2OC3CC(O)C4OC5CC(O)CC(O)C5OC4C3OC2C1. The molecule has 5 N–H and O–H groups in total. The van der Waals surface area contributed by atoms with Gasteiger partial charge in [0.2, 0.25) is 0 Å². The molecule has 0 aromatic heterocycles. The molecule has 0 amide bonds. The fourth-order valence-electron chi connectivity index (χ4n) is 5.47. The second-order valence-corrected chi connectivity index (χ2v) is 8.67. The molecule has 2 saturated heterocycles. The second-order valence-electron chi connectivity index (χ2n) is 8.67. The summed E-state index contributed by atoms with van der Waals surface area (Å²) in [5, 5.41) is 51.0. The van der Waals surface area contributed by atoms with Gasteiger partial charge in [0.25, 0.3) is 0 Å². The summed E-state index contributed by atoms with van der Waals surface area (Å²) in [6.07, 6.45) is -6.64. The Bertz CT molecular complexity index is 561. The maximum absolute atomic E-state index is 10.6. The highest BCUT2D eigenvalue weighted by Gasteiger charge is 2.58. The number of hydrogen-bond donors (Lipinski definition) is 5. The van der Waals surface area contributed by atoms with Crippen LogP contribution in [0.4, 0.5) is 0 Å². The lowest BCUT2D eigenvalue weighted by Gasteiger charge is -2.56. The van der Waals surface area contributed by atoms with Crippen LogP contribution in [0.3, 0.4) is 0 Å². The maximum atomic E-state index is 10.6. The Morgan fingerprint density at radius 3 is 1.48 bits per heavy atom. The molecular formula is C18H28O9. The van der Waals surface area contributed by atoms with Gasteiger partial charge in [-0.05, 0) is 0 Å². The molecule has 3 saturated carbocycles. The first-order valence-electron chi connectivity index (χ1n) is 9.93. The van der Waals surface area contributed by atoms with E-state index in [1.165, 1.54) is 0 Å². The molecule has 154 valence electrons. The third kappa shape index (κ3) is 3.13. The summed E-state index contributed by atoms with van der Waals surface area (Å²) in [6, 6.07) is 0. The van der Waals surface area contributed by atoms with E-state index in [0.29, 0.717) is 12.8 Å². The Morgan fingerprint density at radius 2 is 0.852 bits per heavy atom. The predicted molar refractivity (Wildman–Crippen MR) is 87.8 cm³/mol. The van der Waals surface area contributed by atoms with Crippen LogP contribution in [0, 0.1) is 0 Å². The minimum atomic E-state index is -0.854. The van der Waals surface area contributed by atoms with Gasteiger partial charge >= 0.3 is 0 Å². The highest BCUT2D eigenvalue weighted by molar-refractivity contribution is 5.06. The van der Waals surface area contributed by atoms with Crippen molar-refractivity contribution in [1.82, 2.24) is 0 Å². The van der Waals surface area contributed by atoms with Crippen LogP contribution in [0.25, 0.3) is 0 Å². The molecule has 5 rings (SSSR count). The number of aliphatic hydroxyl groups is 5. The molecule has 9 heteroatoms. The van der Waals surface area contributed by atoms with Crippen molar-refractivity contribution in [3.63, 3.8) is 0 Å². The quantitative estimate of drug-likeness (QED) is 0.314. The number of hydrogen-bond acceptors (Lipinski definition) is 9. The minimum absolute atomic E-state index is 0.221. The zero-order valence-corrected chi connectivity index (χ0v) is 14.9. The topological polar surface area (TPSA) is 138 Å². The fraction of sp³-hybridized carbons (Fsp3) is 1.00. The van der Waals surface area contributed by atoms with Crippen molar-refractivity contribution in [3.05, 3.63) is 0 Å². The van der Waals surface area contributed by atoms with Gasteiger partial charge in [-0.2, -0.15) is 0 Å². The highest BCUT2D eigenvalue weighted by Crippen LogP contribution is 2.43. The van der Waals surface area contributed by atoms with Crippen molar-refractivity contribution >= 4 is 0 Å². The summed E-state index contributed by atoms with van der Waals surface area (Å²) in [5.74, 6) is 0. The van der Waals surface area contributed by atoms with Crippen LogP contribution in [0.5, 0.6) is 0 Å². The van der Waals surface area contributed by atoms with Crippen LogP contribution in [0.1, 0.15) is 32.1 Å². The van der Waals surface area contributed by atoms with E-state index in [4.69, 9.17) is 18.9 Å². The molecule has 13 atom stereocenters. The molecule has 27 heavy (non-hydrogen) atoms. The third-order valence-electron chi connectivity index (χ3n) is 6.70. The fourth-order valence-corrected chi connectivity index (χ4v) is 5.47. The average Bonchev–Trinajstić information content (AvgIpc) is 2.60. The number of rotatable bonds is 0. The molecule has 0 bridgehead atoms. The van der Waals surface area contributed by atoms with Gasteiger partial charge in [0, 0.05) is 32.1 Å². The first-order chi connectivity index (χ1) is 12.9. The Morgan fingerprint density at radius 1 is 0.407 bits per heavy atom. The molecule has 3 aliphatic carbocycles. The van der Waals surface area contributed by atoms with E-state index >= 15 is 0 Å². The molecule has 5 aliphatic rings. The van der Waals surface area contributed by atoms with Gasteiger partial charge in [-0.1, -0.05) is 0 Å². The van der Waals surface area contributed by atoms with Gasteiger partial charge in [0.1, 0.15) is 30.5 Å². The highest BCUT2D eigenvalue weighted by atomic mass is 16.7. The molecule has 9 nitrogen and oxygen atoms in total. The van der Waals surface area contributed by atoms with Crippen LogP contribution in [-0.4, -0.2) is 105 Å². The zero-order valence-electron chi connectivity index (χ0n) is 14.9. The van der Waals surface area contributed by atoms with Gasteiger partial charge in [0.05, 0.1) is 48.8 Å². The molecule has 0 aromatic rings.